The maximum atomic E-state index is 11.4. The van der Waals surface area contributed by atoms with E-state index in [1.54, 1.807) is 0 Å². The second kappa shape index (κ2) is 4.70. The van der Waals surface area contributed by atoms with Crippen LogP contribution in [-0.2, 0) is 0 Å². The predicted octanol–water partition coefficient (Wildman–Crippen LogP) is 4.31. The standard InChI is InChI=1S/C16H17NO2S/c1-8-6-10(3)12(7-9(8)2)15-17-13(11-4-5-11)14(20-15)16(18)19/h6-7,11H,4-5H2,1-3H3,(H,18,19). The van der Waals surface area contributed by atoms with Gasteiger partial charge in [-0.2, -0.15) is 0 Å². The fourth-order valence-electron chi connectivity index (χ4n) is 2.42. The Bertz CT molecular complexity index is 699. The number of rotatable bonds is 3. The van der Waals surface area contributed by atoms with Crippen molar-refractivity contribution in [2.24, 2.45) is 0 Å². The smallest absolute Gasteiger partial charge is 0.347 e. The van der Waals surface area contributed by atoms with Crippen molar-refractivity contribution < 1.29 is 9.90 Å². The van der Waals surface area contributed by atoms with Crippen LogP contribution in [0.1, 0.15) is 50.8 Å². The molecule has 0 unspecified atom stereocenters. The third kappa shape index (κ3) is 2.24. The summed E-state index contributed by atoms with van der Waals surface area (Å²) < 4.78 is 0. The van der Waals surface area contributed by atoms with Gasteiger partial charge < -0.3 is 5.11 Å². The Morgan fingerprint density at radius 2 is 1.85 bits per heavy atom. The van der Waals surface area contributed by atoms with Gasteiger partial charge in [0, 0.05) is 11.5 Å². The third-order valence-electron chi connectivity index (χ3n) is 3.88. The second-order valence-electron chi connectivity index (χ2n) is 5.56. The molecule has 0 spiro atoms. The van der Waals surface area contributed by atoms with E-state index in [-0.39, 0.29) is 0 Å². The third-order valence-corrected chi connectivity index (χ3v) is 4.98. The summed E-state index contributed by atoms with van der Waals surface area (Å²) in [4.78, 5) is 16.4. The molecule has 0 amide bonds. The van der Waals surface area contributed by atoms with Crippen molar-refractivity contribution in [2.45, 2.75) is 39.5 Å². The van der Waals surface area contributed by atoms with Gasteiger partial charge in [0.05, 0.1) is 5.69 Å². The quantitative estimate of drug-likeness (QED) is 0.915. The lowest BCUT2D eigenvalue weighted by atomic mass is 10.0. The summed E-state index contributed by atoms with van der Waals surface area (Å²) in [6, 6.07) is 4.26. The molecule has 2 aromatic rings. The lowest BCUT2D eigenvalue weighted by Crippen LogP contribution is -1.97. The number of aryl methyl sites for hydroxylation is 3. The van der Waals surface area contributed by atoms with Gasteiger partial charge in [-0.1, -0.05) is 6.07 Å². The molecule has 1 fully saturated rings. The summed E-state index contributed by atoms with van der Waals surface area (Å²) in [5.41, 5.74) is 5.47. The van der Waals surface area contributed by atoms with Gasteiger partial charge >= 0.3 is 5.97 Å². The predicted molar refractivity (Wildman–Crippen MR) is 80.7 cm³/mol. The van der Waals surface area contributed by atoms with Crippen LogP contribution in [0.3, 0.4) is 0 Å². The number of nitrogens with zero attached hydrogens (tertiary/aromatic N) is 1. The molecular weight excluding hydrogens is 270 g/mol. The summed E-state index contributed by atoms with van der Waals surface area (Å²) in [5.74, 6) is -0.491. The lowest BCUT2D eigenvalue weighted by Gasteiger charge is -2.07. The van der Waals surface area contributed by atoms with Gasteiger partial charge in [0.25, 0.3) is 0 Å². The molecule has 1 aromatic carbocycles. The van der Waals surface area contributed by atoms with Crippen molar-refractivity contribution in [1.29, 1.82) is 0 Å². The van der Waals surface area contributed by atoms with Crippen LogP contribution in [0.25, 0.3) is 10.6 Å². The fourth-order valence-corrected chi connectivity index (χ4v) is 3.50. The summed E-state index contributed by atoms with van der Waals surface area (Å²) in [6.45, 7) is 6.22. The fraction of sp³-hybridized carbons (Fsp3) is 0.375. The minimum atomic E-state index is -0.850. The van der Waals surface area contributed by atoms with Gasteiger partial charge in [0.15, 0.2) is 0 Å². The summed E-state index contributed by atoms with van der Waals surface area (Å²) in [7, 11) is 0. The number of carboxylic acids is 1. The van der Waals surface area contributed by atoms with Crippen LogP contribution in [0.15, 0.2) is 12.1 Å². The van der Waals surface area contributed by atoms with E-state index in [4.69, 9.17) is 0 Å². The average Bonchev–Trinajstić information content (AvgIpc) is 3.13. The summed E-state index contributed by atoms with van der Waals surface area (Å²) >= 11 is 1.31. The van der Waals surface area contributed by atoms with Gasteiger partial charge in [0.2, 0.25) is 0 Å². The number of aromatic carboxylic acids is 1. The molecular formula is C16H17NO2S. The molecule has 4 heteroatoms. The zero-order chi connectivity index (χ0) is 14.4. The van der Waals surface area contributed by atoms with Crippen LogP contribution < -0.4 is 0 Å². The number of hydrogen-bond donors (Lipinski definition) is 1. The van der Waals surface area contributed by atoms with E-state index in [9.17, 15) is 9.90 Å². The first-order valence-corrected chi connectivity index (χ1v) is 7.61. The number of carboxylic acid groups (broad SMARTS) is 1. The van der Waals surface area contributed by atoms with Gasteiger partial charge in [-0.25, -0.2) is 9.78 Å². The van der Waals surface area contributed by atoms with Crippen molar-refractivity contribution >= 4 is 17.3 Å². The van der Waals surface area contributed by atoms with Crippen LogP contribution in [-0.4, -0.2) is 16.1 Å². The number of hydrogen-bond acceptors (Lipinski definition) is 3. The molecule has 1 heterocycles. The van der Waals surface area contributed by atoms with Crippen LogP contribution in [0.4, 0.5) is 0 Å². The number of thiazole rings is 1. The topological polar surface area (TPSA) is 50.2 Å². The maximum Gasteiger partial charge on any atom is 0.347 e. The highest BCUT2D eigenvalue weighted by Crippen LogP contribution is 2.44. The molecule has 0 atom stereocenters. The van der Waals surface area contributed by atoms with Crippen molar-refractivity contribution in [2.75, 3.05) is 0 Å². The molecule has 0 radical (unpaired) electrons. The molecule has 1 N–H and O–H groups in total. The summed E-state index contributed by atoms with van der Waals surface area (Å²) in [5, 5.41) is 10.2. The van der Waals surface area contributed by atoms with Crippen molar-refractivity contribution in [3.8, 4) is 10.6 Å². The Morgan fingerprint density at radius 3 is 2.45 bits per heavy atom. The Balaban J connectivity index is 2.13. The highest BCUT2D eigenvalue weighted by atomic mass is 32.1. The molecule has 1 aliphatic rings. The van der Waals surface area contributed by atoms with Crippen molar-refractivity contribution in [1.82, 2.24) is 4.98 Å². The lowest BCUT2D eigenvalue weighted by molar-refractivity contribution is 0.0700. The van der Waals surface area contributed by atoms with E-state index >= 15 is 0 Å². The van der Waals surface area contributed by atoms with Crippen LogP contribution in [0.5, 0.6) is 0 Å². The van der Waals surface area contributed by atoms with E-state index in [0.29, 0.717) is 10.8 Å². The first kappa shape index (κ1) is 13.3. The zero-order valence-electron chi connectivity index (χ0n) is 11.9. The first-order valence-electron chi connectivity index (χ1n) is 6.79. The Hall–Kier alpha value is -1.68. The van der Waals surface area contributed by atoms with Crippen molar-refractivity contribution in [3.63, 3.8) is 0 Å². The molecule has 0 saturated heterocycles. The minimum Gasteiger partial charge on any atom is -0.477 e. The molecule has 3 nitrogen and oxygen atoms in total. The molecule has 1 saturated carbocycles. The summed E-state index contributed by atoms with van der Waals surface area (Å²) in [6.07, 6.45) is 2.13. The van der Waals surface area contributed by atoms with E-state index in [1.807, 2.05) is 0 Å². The van der Waals surface area contributed by atoms with Gasteiger partial charge in [-0.15, -0.1) is 11.3 Å². The molecule has 3 rings (SSSR count). The number of aromatic nitrogens is 1. The Labute approximate surface area is 122 Å². The monoisotopic (exact) mass is 287 g/mol. The Kier molecular flexibility index (Phi) is 3.13. The highest BCUT2D eigenvalue weighted by Gasteiger charge is 2.32. The maximum absolute atomic E-state index is 11.4. The largest absolute Gasteiger partial charge is 0.477 e. The number of benzene rings is 1. The van der Waals surface area contributed by atoms with Gasteiger partial charge in [-0.05, 0) is 56.4 Å². The normalized spacial score (nSPS) is 14.6. The van der Waals surface area contributed by atoms with Crippen LogP contribution >= 0.6 is 11.3 Å². The molecule has 1 aromatic heterocycles. The molecule has 20 heavy (non-hydrogen) atoms. The number of carbonyl (C=O) groups is 1. The molecule has 104 valence electrons. The molecule has 0 aliphatic heterocycles. The zero-order valence-corrected chi connectivity index (χ0v) is 12.7. The van der Waals surface area contributed by atoms with Crippen LogP contribution in [0, 0.1) is 20.8 Å². The van der Waals surface area contributed by atoms with Gasteiger partial charge in [-0.3, -0.25) is 0 Å². The van der Waals surface area contributed by atoms with Crippen molar-refractivity contribution in [3.05, 3.63) is 39.4 Å². The molecule has 1 aliphatic carbocycles. The minimum absolute atomic E-state index is 0.359. The van der Waals surface area contributed by atoms with Gasteiger partial charge in [0.1, 0.15) is 9.88 Å². The highest BCUT2D eigenvalue weighted by molar-refractivity contribution is 7.17. The molecule has 0 bridgehead atoms. The van der Waals surface area contributed by atoms with E-state index in [0.717, 1.165) is 34.7 Å². The van der Waals surface area contributed by atoms with E-state index in [2.05, 4.69) is 37.9 Å². The van der Waals surface area contributed by atoms with E-state index < -0.39 is 5.97 Å². The first-order chi connectivity index (χ1) is 9.47. The van der Waals surface area contributed by atoms with Crippen LogP contribution in [0.2, 0.25) is 0 Å². The van der Waals surface area contributed by atoms with E-state index in [1.165, 1.54) is 22.5 Å². The Morgan fingerprint density at radius 1 is 1.20 bits per heavy atom. The second-order valence-corrected chi connectivity index (χ2v) is 6.56. The average molecular weight is 287 g/mol. The SMILES string of the molecule is Cc1cc(C)c(-c2nc(C3CC3)c(C(=O)O)s2)cc1C.